The van der Waals surface area contributed by atoms with Gasteiger partial charge in [0.2, 0.25) is 0 Å². The minimum absolute atomic E-state index is 0.0160. The third-order valence-electron chi connectivity index (χ3n) is 3.30. The van der Waals surface area contributed by atoms with Crippen LogP contribution < -0.4 is 16.2 Å². The summed E-state index contributed by atoms with van der Waals surface area (Å²) in [4.78, 5) is 18.2. The van der Waals surface area contributed by atoms with Crippen LogP contribution in [0.15, 0.2) is 17.2 Å². The number of nitrogens with zero attached hydrogens (tertiary/aromatic N) is 3. The molecule has 0 aromatic carbocycles. The highest BCUT2D eigenvalue weighted by Gasteiger charge is 2.26. The van der Waals surface area contributed by atoms with Crippen LogP contribution >= 0.6 is 0 Å². The van der Waals surface area contributed by atoms with E-state index in [-0.39, 0.29) is 17.4 Å². The van der Waals surface area contributed by atoms with Crippen LogP contribution in [0.2, 0.25) is 0 Å². The van der Waals surface area contributed by atoms with Gasteiger partial charge in [-0.2, -0.15) is 0 Å². The van der Waals surface area contributed by atoms with E-state index in [0.29, 0.717) is 18.3 Å². The molecule has 0 spiro atoms. The largest absolute Gasteiger partial charge is 0.388 e. The third-order valence-corrected chi connectivity index (χ3v) is 3.30. The standard InChI is InChI=1S/C12H19N5O/c1-8(7-10(13)14)16(2)11-12(18)17(6-5-15-11)9-3-4-9/h5-6,8-9H,3-4,7H2,1-2H3,(H3,13,14). The van der Waals surface area contributed by atoms with E-state index < -0.39 is 0 Å². The van der Waals surface area contributed by atoms with Gasteiger partial charge in [0.15, 0.2) is 5.82 Å². The highest BCUT2D eigenvalue weighted by molar-refractivity contribution is 5.77. The zero-order chi connectivity index (χ0) is 13.3. The SMILES string of the molecule is CC(CC(=N)N)N(C)c1nccn(C2CC2)c1=O. The molecule has 1 aromatic rings. The summed E-state index contributed by atoms with van der Waals surface area (Å²) in [5.41, 5.74) is 5.33. The Morgan fingerprint density at radius 3 is 2.94 bits per heavy atom. The minimum atomic E-state index is -0.0575. The summed E-state index contributed by atoms with van der Waals surface area (Å²) in [6.45, 7) is 1.93. The zero-order valence-electron chi connectivity index (χ0n) is 10.8. The number of aromatic nitrogens is 2. The number of amidine groups is 1. The van der Waals surface area contributed by atoms with E-state index in [4.69, 9.17) is 11.1 Å². The second-order valence-corrected chi connectivity index (χ2v) is 4.88. The van der Waals surface area contributed by atoms with Gasteiger partial charge in [0, 0.05) is 37.9 Å². The highest BCUT2D eigenvalue weighted by atomic mass is 16.1. The summed E-state index contributed by atoms with van der Waals surface area (Å²) >= 11 is 0. The quantitative estimate of drug-likeness (QED) is 0.595. The molecule has 98 valence electrons. The van der Waals surface area contributed by atoms with Gasteiger partial charge in [0.1, 0.15) is 0 Å². The van der Waals surface area contributed by atoms with Crippen molar-refractivity contribution in [3.8, 4) is 0 Å². The van der Waals surface area contributed by atoms with Crippen LogP contribution in [0.25, 0.3) is 0 Å². The van der Waals surface area contributed by atoms with Gasteiger partial charge in [0.05, 0.1) is 5.84 Å². The molecular weight excluding hydrogens is 230 g/mol. The van der Waals surface area contributed by atoms with Gasteiger partial charge in [0.25, 0.3) is 5.56 Å². The van der Waals surface area contributed by atoms with Crippen LogP contribution in [0.1, 0.15) is 32.2 Å². The van der Waals surface area contributed by atoms with E-state index in [1.165, 1.54) is 0 Å². The summed E-state index contributed by atoms with van der Waals surface area (Å²) in [6, 6.07) is 0.327. The highest BCUT2D eigenvalue weighted by Crippen LogP contribution is 2.33. The lowest BCUT2D eigenvalue weighted by Gasteiger charge is -2.25. The first-order valence-corrected chi connectivity index (χ1v) is 6.13. The van der Waals surface area contributed by atoms with E-state index in [0.717, 1.165) is 12.8 Å². The van der Waals surface area contributed by atoms with Crippen molar-refractivity contribution in [2.24, 2.45) is 5.73 Å². The van der Waals surface area contributed by atoms with Crippen molar-refractivity contribution in [3.63, 3.8) is 0 Å². The van der Waals surface area contributed by atoms with Gasteiger partial charge >= 0.3 is 0 Å². The molecular formula is C12H19N5O. The lowest BCUT2D eigenvalue weighted by Crippen LogP contribution is -2.38. The molecule has 0 amide bonds. The molecule has 0 radical (unpaired) electrons. The maximum absolute atomic E-state index is 12.3. The fourth-order valence-corrected chi connectivity index (χ4v) is 1.96. The first-order valence-electron chi connectivity index (χ1n) is 6.13. The molecule has 1 saturated carbocycles. The Labute approximate surface area is 106 Å². The molecule has 1 aromatic heterocycles. The van der Waals surface area contributed by atoms with Gasteiger partial charge in [-0.1, -0.05) is 0 Å². The number of nitrogens with two attached hydrogens (primary N) is 1. The summed E-state index contributed by atoms with van der Waals surface area (Å²) in [7, 11) is 1.81. The smallest absolute Gasteiger partial charge is 0.293 e. The number of nitrogens with one attached hydrogen (secondary N) is 1. The zero-order valence-corrected chi connectivity index (χ0v) is 10.8. The molecule has 1 atom stereocenters. The van der Waals surface area contributed by atoms with Gasteiger partial charge in [-0.3, -0.25) is 10.2 Å². The Kier molecular flexibility index (Phi) is 3.36. The first-order chi connectivity index (χ1) is 8.50. The Morgan fingerprint density at radius 2 is 2.39 bits per heavy atom. The summed E-state index contributed by atoms with van der Waals surface area (Å²) in [5, 5.41) is 7.30. The van der Waals surface area contributed by atoms with Crippen LogP contribution in [-0.2, 0) is 0 Å². The topological polar surface area (TPSA) is 88.0 Å². The van der Waals surface area contributed by atoms with Crippen LogP contribution in [0, 0.1) is 5.41 Å². The maximum atomic E-state index is 12.3. The fourth-order valence-electron chi connectivity index (χ4n) is 1.96. The van der Waals surface area contributed by atoms with Crippen molar-refractivity contribution < 1.29 is 0 Å². The second kappa shape index (κ2) is 4.80. The predicted molar refractivity (Wildman–Crippen MR) is 71.2 cm³/mol. The van der Waals surface area contributed by atoms with E-state index >= 15 is 0 Å². The maximum Gasteiger partial charge on any atom is 0.293 e. The van der Waals surface area contributed by atoms with Gasteiger partial charge in [-0.25, -0.2) is 4.98 Å². The molecule has 1 unspecified atom stereocenters. The number of hydrogen-bond donors (Lipinski definition) is 2. The molecule has 1 fully saturated rings. The van der Waals surface area contributed by atoms with E-state index in [1.807, 2.05) is 14.0 Å². The van der Waals surface area contributed by atoms with Crippen molar-refractivity contribution in [1.82, 2.24) is 9.55 Å². The van der Waals surface area contributed by atoms with E-state index in [1.54, 1.807) is 21.9 Å². The van der Waals surface area contributed by atoms with Gasteiger partial charge in [-0.15, -0.1) is 0 Å². The van der Waals surface area contributed by atoms with Gasteiger partial charge < -0.3 is 15.2 Å². The lowest BCUT2D eigenvalue weighted by atomic mass is 10.2. The summed E-state index contributed by atoms with van der Waals surface area (Å²) in [5.74, 6) is 0.547. The Bertz CT molecular complexity index is 505. The average Bonchev–Trinajstić information content (AvgIpc) is 3.11. The minimum Gasteiger partial charge on any atom is -0.388 e. The second-order valence-electron chi connectivity index (χ2n) is 4.88. The number of hydrogen-bond acceptors (Lipinski definition) is 4. The molecule has 18 heavy (non-hydrogen) atoms. The van der Waals surface area contributed by atoms with Crippen LogP contribution in [0.5, 0.6) is 0 Å². The molecule has 6 nitrogen and oxygen atoms in total. The van der Waals surface area contributed by atoms with Crippen molar-refractivity contribution >= 4 is 11.7 Å². The van der Waals surface area contributed by atoms with Gasteiger partial charge in [-0.05, 0) is 19.8 Å². The van der Waals surface area contributed by atoms with Crippen molar-refractivity contribution in [1.29, 1.82) is 5.41 Å². The fraction of sp³-hybridized carbons (Fsp3) is 0.583. The number of anilines is 1. The molecule has 0 aliphatic heterocycles. The third kappa shape index (κ3) is 2.52. The van der Waals surface area contributed by atoms with Crippen LogP contribution in [-0.4, -0.2) is 28.5 Å². The molecule has 3 N–H and O–H groups in total. The molecule has 0 bridgehead atoms. The van der Waals surface area contributed by atoms with E-state index in [9.17, 15) is 4.79 Å². The monoisotopic (exact) mass is 249 g/mol. The Hall–Kier alpha value is -1.85. The number of rotatable bonds is 5. The molecule has 0 saturated heterocycles. The summed E-state index contributed by atoms with van der Waals surface area (Å²) < 4.78 is 1.75. The van der Waals surface area contributed by atoms with Crippen LogP contribution in [0.4, 0.5) is 5.82 Å². The van der Waals surface area contributed by atoms with Crippen molar-refractivity contribution in [2.45, 2.75) is 38.3 Å². The summed E-state index contributed by atoms with van der Waals surface area (Å²) in [6.07, 6.45) is 5.96. The average molecular weight is 249 g/mol. The van der Waals surface area contributed by atoms with Crippen LogP contribution in [0.3, 0.4) is 0 Å². The molecule has 1 aliphatic carbocycles. The van der Waals surface area contributed by atoms with E-state index in [2.05, 4.69) is 4.98 Å². The first kappa shape index (κ1) is 12.6. The molecule has 6 heteroatoms. The van der Waals surface area contributed by atoms with Crippen molar-refractivity contribution in [2.75, 3.05) is 11.9 Å². The lowest BCUT2D eigenvalue weighted by molar-refractivity contribution is 0.659. The Morgan fingerprint density at radius 1 is 1.72 bits per heavy atom. The van der Waals surface area contributed by atoms with Crippen molar-refractivity contribution in [3.05, 3.63) is 22.7 Å². The molecule has 2 rings (SSSR count). The molecule has 1 aliphatic rings. The predicted octanol–water partition coefficient (Wildman–Crippen LogP) is 0.729. The molecule has 1 heterocycles. The normalized spacial score (nSPS) is 16.3. The Balaban J connectivity index is 2.24.